The van der Waals surface area contributed by atoms with Crippen molar-refractivity contribution in [2.45, 2.75) is 12.8 Å². The Kier molecular flexibility index (Phi) is 6.78. The lowest BCUT2D eigenvalue weighted by atomic mass is 9.90. The number of aromatic nitrogens is 1. The number of H-pyrrole nitrogens is 1. The van der Waals surface area contributed by atoms with Crippen molar-refractivity contribution < 1.29 is 4.57 Å². The van der Waals surface area contributed by atoms with Crippen LogP contribution in [0.25, 0.3) is 64.9 Å². The van der Waals surface area contributed by atoms with Gasteiger partial charge in [-0.05, 0) is 84.5 Å². The molecule has 0 amide bonds. The van der Waals surface area contributed by atoms with Crippen LogP contribution >= 0.6 is 7.14 Å². The fourth-order valence-electron chi connectivity index (χ4n) is 8.13. The second-order valence-electron chi connectivity index (χ2n) is 13.8. The van der Waals surface area contributed by atoms with Gasteiger partial charge in [-0.15, -0.1) is 0 Å². The average molecular weight is 672 g/mol. The first-order valence-electron chi connectivity index (χ1n) is 17.6. The molecule has 0 fully saturated rings. The van der Waals surface area contributed by atoms with Gasteiger partial charge in [-0.2, -0.15) is 0 Å². The highest BCUT2D eigenvalue weighted by Crippen LogP contribution is 2.44. The maximum atomic E-state index is 15.3. The number of hydrogen-bond donors (Lipinski definition) is 1. The summed E-state index contributed by atoms with van der Waals surface area (Å²) in [5.41, 5.74) is 4.75. The molecule has 0 aliphatic rings. The molecule has 0 aliphatic heterocycles. The first-order valence-corrected chi connectivity index (χ1v) is 19.3. The summed E-state index contributed by atoms with van der Waals surface area (Å²) in [5, 5.41) is 14.8. The van der Waals surface area contributed by atoms with Gasteiger partial charge in [0.2, 0.25) is 0 Å². The summed E-state index contributed by atoms with van der Waals surface area (Å²) >= 11 is 0. The molecule has 0 bridgehead atoms. The van der Waals surface area contributed by atoms with Gasteiger partial charge in [0.05, 0.1) is 0 Å². The van der Waals surface area contributed by atoms with Crippen LogP contribution in [0.1, 0.15) is 24.0 Å². The molecule has 0 saturated carbocycles. The van der Waals surface area contributed by atoms with E-state index >= 15 is 4.57 Å². The predicted molar refractivity (Wildman–Crippen MR) is 219 cm³/mol. The lowest BCUT2D eigenvalue weighted by Crippen LogP contribution is -2.25. The van der Waals surface area contributed by atoms with Crippen LogP contribution in [0.5, 0.6) is 0 Å². The summed E-state index contributed by atoms with van der Waals surface area (Å²) in [7, 11) is -3.12. The highest BCUT2D eigenvalue weighted by Gasteiger charge is 2.30. The number of fused-ring (bicyclic) bond motifs is 9. The highest BCUT2D eigenvalue weighted by atomic mass is 31.2. The Morgan fingerprint density at radius 1 is 0.412 bits per heavy atom. The fourth-order valence-corrected chi connectivity index (χ4v) is 10.8. The molecule has 0 spiro atoms. The summed E-state index contributed by atoms with van der Waals surface area (Å²) in [4.78, 5) is 3.72. The Labute approximate surface area is 296 Å². The van der Waals surface area contributed by atoms with Crippen LogP contribution < -0.4 is 15.9 Å². The van der Waals surface area contributed by atoms with Crippen molar-refractivity contribution in [1.82, 2.24) is 4.98 Å². The molecule has 0 radical (unpaired) electrons. The smallest absolute Gasteiger partial charge is 0.171 e. The first-order chi connectivity index (χ1) is 25.0. The largest absolute Gasteiger partial charge is 0.354 e. The number of nitrogens with one attached hydrogen (secondary N) is 1. The predicted octanol–water partition coefficient (Wildman–Crippen LogP) is 11.7. The van der Waals surface area contributed by atoms with Crippen molar-refractivity contribution in [1.29, 1.82) is 0 Å². The quantitative estimate of drug-likeness (QED) is 0.143. The fraction of sp³-hybridized carbons (Fsp3) is 0.0417. The standard InChI is InChI=1S/C48H34NOP/c1-31(32-19-23-40(24-20-32)51(50,39-12-3-2-4-13-39)41-25-21-33-9-5-6-11-37(33)27-41)36-17-15-35-22-26-46-48(44(35)28-36)45-30-43-38(29-47(45)49-46)18-16-34-10-7-8-14-42(34)43/h2-31,49H,1H3. The van der Waals surface area contributed by atoms with Crippen LogP contribution in [0.4, 0.5) is 0 Å². The minimum atomic E-state index is -3.12. The van der Waals surface area contributed by atoms with E-state index in [-0.39, 0.29) is 5.92 Å². The number of rotatable bonds is 5. The van der Waals surface area contributed by atoms with E-state index in [0.29, 0.717) is 0 Å². The van der Waals surface area contributed by atoms with Crippen molar-refractivity contribution in [2.75, 3.05) is 0 Å². The maximum absolute atomic E-state index is 15.3. The van der Waals surface area contributed by atoms with Crippen molar-refractivity contribution in [3.8, 4) is 0 Å². The number of benzene rings is 9. The first kappa shape index (κ1) is 29.9. The second kappa shape index (κ2) is 11.6. The molecule has 1 heterocycles. The van der Waals surface area contributed by atoms with Gasteiger partial charge < -0.3 is 9.55 Å². The normalized spacial score (nSPS) is 13.7. The lowest BCUT2D eigenvalue weighted by molar-refractivity contribution is 0.592. The van der Waals surface area contributed by atoms with Crippen LogP contribution in [0, 0.1) is 0 Å². The molecule has 242 valence electrons. The van der Waals surface area contributed by atoms with Gasteiger partial charge in [-0.25, -0.2) is 0 Å². The van der Waals surface area contributed by atoms with Crippen LogP contribution in [0.15, 0.2) is 176 Å². The molecule has 2 unspecified atom stereocenters. The molecule has 2 atom stereocenters. The third kappa shape index (κ3) is 4.75. The molecule has 1 aromatic heterocycles. The van der Waals surface area contributed by atoms with Crippen molar-refractivity contribution in [2.24, 2.45) is 0 Å². The van der Waals surface area contributed by atoms with Gasteiger partial charge in [0, 0.05) is 43.6 Å². The monoisotopic (exact) mass is 671 g/mol. The van der Waals surface area contributed by atoms with Crippen LogP contribution in [0.3, 0.4) is 0 Å². The van der Waals surface area contributed by atoms with Gasteiger partial charge in [-0.1, -0.05) is 153 Å². The second-order valence-corrected chi connectivity index (χ2v) is 16.6. The third-order valence-corrected chi connectivity index (χ3v) is 14.0. The van der Waals surface area contributed by atoms with E-state index in [4.69, 9.17) is 0 Å². The zero-order valence-electron chi connectivity index (χ0n) is 28.2. The van der Waals surface area contributed by atoms with E-state index < -0.39 is 7.14 Å². The molecule has 9 aromatic carbocycles. The maximum Gasteiger partial charge on any atom is 0.171 e. The number of hydrogen-bond acceptors (Lipinski definition) is 1. The highest BCUT2D eigenvalue weighted by molar-refractivity contribution is 7.85. The van der Waals surface area contributed by atoms with Gasteiger partial charge in [-0.3, -0.25) is 0 Å². The molecule has 0 saturated heterocycles. The van der Waals surface area contributed by atoms with E-state index in [9.17, 15) is 0 Å². The molecule has 3 heteroatoms. The summed E-state index contributed by atoms with van der Waals surface area (Å²) < 4.78 is 15.3. The van der Waals surface area contributed by atoms with Crippen LogP contribution in [-0.2, 0) is 4.57 Å². The van der Waals surface area contributed by atoms with E-state index in [0.717, 1.165) is 37.7 Å². The third-order valence-electron chi connectivity index (χ3n) is 10.9. The Balaban J connectivity index is 1.07. The Hall–Kier alpha value is -5.95. The Morgan fingerprint density at radius 2 is 1.02 bits per heavy atom. The van der Waals surface area contributed by atoms with Gasteiger partial charge >= 0.3 is 0 Å². The molecule has 10 rings (SSSR count). The summed E-state index contributed by atoms with van der Waals surface area (Å²) in [6.07, 6.45) is 0. The van der Waals surface area contributed by atoms with E-state index in [2.05, 4.69) is 139 Å². The Bertz CT molecular complexity index is 3010. The molecule has 10 aromatic rings. The minimum absolute atomic E-state index is 0.144. The van der Waals surface area contributed by atoms with Gasteiger partial charge in [0.1, 0.15) is 0 Å². The van der Waals surface area contributed by atoms with E-state index in [1.54, 1.807) is 0 Å². The van der Waals surface area contributed by atoms with E-state index in [1.165, 1.54) is 54.2 Å². The molecular weight excluding hydrogens is 638 g/mol. The van der Waals surface area contributed by atoms with Crippen LogP contribution in [-0.4, -0.2) is 4.98 Å². The SMILES string of the molecule is CC(c1ccc(P(=O)(c2ccccc2)c2ccc3ccccc3c2)cc1)c1ccc2ccc3[nH]c4cc5ccc6ccccc6c5cc4c3c2c1. The molecule has 2 nitrogen and oxygen atoms in total. The zero-order valence-corrected chi connectivity index (χ0v) is 29.1. The number of aromatic amines is 1. The summed E-state index contributed by atoms with van der Waals surface area (Å²) in [6, 6.07) is 62.0. The molecule has 0 aliphatic carbocycles. The van der Waals surface area contributed by atoms with Crippen molar-refractivity contribution in [3.05, 3.63) is 187 Å². The summed E-state index contributed by atoms with van der Waals surface area (Å²) in [6.45, 7) is 2.27. The lowest BCUT2D eigenvalue weighted by Gasteiger charge is -2.21. The summed E-state index contributed by atoms with van der Waals surface area (Å²) in [5.74, 6) is 0.144. The molecule has 1 N–H and O–H groups in total. The molecular formula is C48H34NOP. The minimum Gasteiger partial charge on any atom is -0.354 e. The zero-order chi connectivity index (χ0) is 34.1. The van der Waals surface area contributed by atoms with Crippen molar-refractivity contribution >= 4 is 88.0 Å². The van der Waals surface area contributed by atoms with Crippen molar-refractivity contribution in [3.63, 3.8) is 0 Å². The van der Waals surface area contributed by atoms with Gasteiger partial charge in [0.15, 0.2) is 7.14 Å². The Morgan fingerprint density at radius 3 is 1.86 bits per heavy atom. The van der Waals surface area contributed by atoms with E-state index in [1.807, 2.05) is 48.5 Å². The van der Waals surface area contributed by atoms with Gasteiger partial charge in [0.25, 0.3) is 0 Å². The van der Waals surface area contributed by atoms with Crippen LogP contribution in [0.2, 0.25) is 0 Å². The molecule has 51 heavy (non-hydrogen) atoms. The average Bonchev–Trinajstić information content (AvgIpc) is 3.57. The topological polar surface area (TPSA) is 32.9 Å².